The molecule has 0 unspecified atom stereocenters. The van der Waals surface area contributed by atoms with Crippen LogP contribution in [0, 0.1) is 3.57 Å². The molecule has 1 aromatic rings. The number of nitrogens with one attached hydrogen (secondary N) is 2. The van der Waals surface area contributed by atoms with Gasteiger partial charge in [-0.15, -0.1) is 0 Å². The first-order valence-electron chi connectivity index (χ1n) is 8.18. The van der Waals surface area contributed by atoms with Crippen LogP contribution in [0.15, 0.2) is 6.07 Å². The van der Waals surface area contributed by atoms with Crippen LogP contribution in [0.25, 0.3) is 0 Å². The van der Waals surface area contributed by atoms with Gasteiger partial charge in [-0.3, -0.25) is 9.59 Å². The highest BCUT2D eigenvalue weighted by Crippen LogP contribution is 2.36. The number of carbonyl (C=O) groups excluding carboxylic acids is 2. The minimum absolute atomic E-state index is 0.0201. The monoisotopic (exact) mass is 477 g/mol. The van der Waals surface area contributed by atoms with E-state index in [9.17, 15) is 19.5 Å². The van der Waals surface area contributed by atoms with Crippen molar-refractivity contribution in [2.24, 2.45) is 0 Å². The van der Waals surface area contributed by atoms with Crippen LogP contribution >= 0.6 is 22.6 Å². The second-order valence-electron chi connectivity index (χ2n) is 5.46. The van der Waals surface area contributed by atoms with E-state index in [0.29, 0.717) is 16.7 Å². The predicted molar refractivity (Wildman–Crippen MR) is 107 cm³/mol. The number of amides is 2. The van der Waals surface area contributed by atoms with Crippen molar-refractivity contribution in [3.05, 3.63) is 20.8 Å². The van der Waals surface area contributed by atoms with Gasteiger partial charge in [0.2, 0.25) is 5.91 Å². The summed E-state index contributed by atoms with van der Waals surface area (Å²) in [6.07, 6.45) is 0. The van der Waals surface area contributed by atoms with Gasteiger partial charge in [-0.25, -0.2) is 4.79 Å². The van der Waals surface area contributed by atoms with Gasteiger partial charge in [0.05, 0.1) is 18.4 Å². The second-order valence-corrected chi connectivity index (χ2v) is 6.62. The molecule has 0 fully saturated rings. The van der Waals surface area contributed by atoms with Crippen LogP contribution in [0.5, 0.6) is 5.75 Å². The summed E-state index contributed by atoms with van der Waals surface area (Å²) in [6.45, 7) is 8.25. The number of hydrogen-bond donors (Lipinski definition) is 3. The minimum Gasteiger partial charge on any atom is -0.494 e. The summed E-state index contributed by atoms with van der Waals surface area (Å²) in [6, 6.07) is 1.45. The number of anilines is 1. The molecule has 1 rings (SSSR count). The van der Waals surface area contributed by atoms with Gasteiger partial charge in [0, 0.05) is 23.6 Å². The highest BCUT2D eigenvalue weighted by atomic mass is 127. The number of methoxy groups -OCH3 is 1. The van der Waals surface area contributed by atoms with E-state index in [2.05, 4.69) is 15.5 Å². The molecule has 2 amide bonds. The number of nitrogens with zero attached hydrogens (tertiary/aromatic N) is 1. The molecule has 3 N–H and O–H groups in total. The maximum atomic E-state index is 12.6. The Hall–Kier alpha value is -1.88. The van der Waals surface area contributed by atoms with E-state index in [4.69, 9.17) is 4.74 Å². The van der Waals surface area contributed by atoms with Gasteiger partial charge >= 0.3 is 5.97 Å². The van der Waals surface area contributed by atoms with E-state index in [-0.39, 0.29) is 22.6 Å². The molecule has 0 bridgehead atoms. The van der Waals surface area contributed by atoms with Crippen LogP contribution in [-0.4, -0.2) is 61.1 Å². The summed E-state index contributed by atoms with van der Waals surface area (Å²) in [7, 11) is 1.33. The normalized spacial score (nSPS) is 10.5. The maximum Gasteiger partial charge on any atom is 0.339 e. The number of likely N-dealkylation sites (N-methyl/N-ethyl adjacent to an activating group) is 1. The number of carbonyl (C=O) groups is 3. The lowest BCUT2D eigenvalue weighted by atomic mass is 10.1. The zero-order valence-electron chi connectivity index (χ0n) is 15.3. The Morgan fingerprint density at radius 2 is 1.88 bits per heavy atom. The fourth-order valence-electron chi connectivity index (χ4n) is 2.48. The number of ether oxygens (including phenoxy) is 1. The van der Waals surface area contributed by atoms with Crippen LogP contribution in [0.3, 0.4) is 0 Å². The highest BCUT2D eigenvalue weighted by molar-refractivity contribution is 14.1. The van der Waals surface area contributed by atoms with Crippen molar-refractivity contribution in [2.45, 2.75) is 20.8 Å². The first-order chi connectivity index (χ1) is 12.3. The van der Waals surface area contributed by atoms with Crippen LogP contribution < -0.4 is 15.4 Å². The van der Waals surface area contributed by atoms with Gasteiger partial charge in [-0.05, 0) is 41.7 Å². The molecule has 0 aliphatic rings. The molecule has 0 saturated heterocycles. The predicted octanol–water partition coefficient (Wildman–Crippen LogP) is 2.03. The summed E-state index contributed by atoms with van der Waals surface area (Å²) < 4.78 is 5.59. The Kier molecular flexibility index (Phi) is 8.79. The summed E-state index contributed by atoms with van der Waals surface area (Å²) >= 11 is 1.82. The Balaban J connectivity index is 3.22. The number of carboxylic acid groups (broad SMARTS) is 1. The van der Waals surface area contributed by atoms with E-state index in [1.54, 1.807) is 0 Å². The van der Waals surface area contributed by atoms with Gasteiger partial charge < -0.3 is 25.4 Å². The molecule has 8 nitrogen and oxygen atoms in total. The number of hydrogen-bond acceptors (Lipinski definition) is 5. The number of aromatic carboxylic acids is 1. The third-order valence-corrected chi connectivity index (χ3v) is 4.65. The summed E-state index contributed by atoms with van der Waals surface area (Å²) in [4.78, 5) is 37.8. The van der Waals surface area contributed by atoms with Gasteiger partial charge in [0.25, 0.3) is 5.91 Å². The molecule has 26 heavy (non-hydrogen) atoms. The van der Waals surface area contributed by atoms with E-state index in [1.807, 2.05) is 36.4 Å². The van der Waals surface area contributed by atoms with Crippen molar-refractivity contribution in [3.8, 4) is 5.75 Å². The molecule has 0 aromatic heterocycles. The van der Waals surface area contributed by atoms with Gasteiger partial charge in [0.15, 0.2) is 5.75 Å². The van der Waals surface area contributed by atoms with Crippen molar-refractivity contribution in [3.63, 3.8) is 0 Å². The molecule has 144 valence electrons. The SMILES string of the molecule is CCN(CC)CCNC(=O)c1cc(I)c(C(=O)O)c(NC(C)=O)c1OC. The van der Waals surface area contributed by atoms with E-state index < -0.39 is 17.8 Å². The zero-order chi connectivity index (χ0) is 19.9. The molecular formula is C17H24IN3O5. The Morgan fingerprint density at radius 3 is 2.35 bits per heavy atom. The van der Waals surface area contributed by atoms with Crippen LogP contribution in [-0.2, 0) is 4.79 Å². The lowest BCUT2D eigenvalue weighted by Crippen LogP contribution is -2.35. The molecular weight excluding hydrogens is 453 g/mol. The van der Waals surface area contributed by atoms with Crippen molar-refractivity contribution in [1.29, 1.82) is 0 Å². The molecule has 1 aromatic carbocycles. The lowest BCUT2D eigenvalue weighted by Gasteiger charge is -2.19. The molecule has 0 radical (unpaired) electrons. The molecule has 0 atom stereocenters. The fraction of sp³-hybridized carbons (Fsp3) is 0.471. The summed E-state index contributed by atoms with van der Waals surface area (Å²) in [5, 5.41) is 14.7. The average molecular weight is 477 g/mol. The standard InChI is InChI=1S/C17H24IN3O5/c1-5-21(6-2)8-7-19-16(23)11-9-12(18)13(17(24)25)14(15(11)26-4)20-10(3)22/h9H,5-8H2,1-4H3,(H,19,23)(H,20,22)(H,24,25). The molecule has 0 aliphatic carbocycles. The third kappa shape index (κ3) is 5.56. The van der Waals surface area contributed by atoms with Crippen LogP contribution in [0.1, 0.15) is 41.5 Å². The van der Waals surface area contributed by atoms with E-state index in [0.717, 1.165) is 13.1 Å². The van der Waals surface area contributed by atoms with Gasteiger partial charge in [-0.2, -0.15) is 0 Å². The first kappa shape index (κ1) is 22.2. The number of rotatable bonds is 9. The summed E-state index contributed by atoms with van der Waals surface area (Å²) in [5.41, 5.74) is 0.0378. The zero-order valence-corrected chi connectivity index (χ0v) is 17.5. The van der Waals surface area contributed by atoms with Gasteiger partial charge in [0.1, 0.15) is 5.56 Å². The maximum absolute atomic E-state index is 12.6. The Bertz CT molecular complexity index is 689. The quantitative estimate of drug-likeness (QED) is 0.470. The summed E-state index contributed by atoms with van der Waals surface area (Å²) in [5.74, 6) is -2.04. The largest absolute Gasteiger partial charge is 0.494 e. The first-order valence-corrected chi connectivity index (χ1v) is 9.26. The topological polar surface area (TPSA) is 108 Å². The smallest absolute Gasteiger partial charge is 0.339 e. The molecule has 9 heteroatoms. The number of benzene rings is 1. The van der Waals surface area contributed by atoms with Crippen molar-refractivity contribution in [1.82, 2.24) is 10.2 Å². The average Bonchev–Trinajstić information content (AvgIpc) is 2.57. The van der Waals surface area contributed by atoms with Crippen LogP contribution in [0.2, 0.25) is 0 Å². The molecule has 0 heterocycles. The Morgan fingerprint density at radius 1 is 1.27 bits per heavy atom. The molecule has 0 spiro atoms. The van der Waals surface area contributed by atoms with E-state index in [1.165, 1.54) is 20.1 Å². The van der Waals surface area contributed by atoms with Crippen molar-refractivity contribution < 1.29 is 24.2 Å². The lowest BCUT2D eigenvalue weighted by molar-refractivity contribution is -0.114. The van der Waals surface area contributed by atoms with Crippen molar-refractivity contribution >= 4 is 46.1 Å². The number of halogens is 1. The number of carboxylic acids is 1. The second kappa shape index (κ2) is 10.3. The van der Waals surface area contributed by atoms with E-state index >= 15 is 0 Å². The fourth-order valence-corrected chi connectivity index (χ4v) is 3.29. The Labute approximate surface area is 166 Å². The third-order valence-electron chi connectivity index (χ3n) is 3.80. The minimum atomic E-state index is -1.22. The highest BCUT2D eigenvalue weighted by Gasteiger charge is 2.26. The van der Waals surface area contributed by atoms with Gasteiger partial charge in [-0.1, -0.05) is 13.8 Å². The van der Waals surface area contributed by atoms with Crippen LogP contribution in [0.4, 0.5) is 5.69 Å². The van der Waals surface area contributed by atoms with Crippen molar-refractivity contribution in [2.75, 3.05) is 38.6 Å². The molecule has 0 saturated carbocycles. The molecule has 0 aliphatic heterocycles.